The van der Waals surface area contributed by atoms with Gasteiger partial charge in [0.05, 0.1) is 0 Å². The lowest BCUT2D eigenvalue weighted by molar-refractivity contribution is 0.103. The molecule has 0 saturated heterocycles. The van der Waals surface area contributed by atoms with Crippen LogP contribution in [0.15, 0.2) is 4.60 Å². The van der Waals surface area contributed by atoms with Crippen molar-refractivity contribution in [2.75, 3.05) is 7.11 Å². The van der Waals surface area contributed by atoms with E-state index in [0.717, 1.165) is 0 Å². The van der Waals surface area contributed by atoms with E-state index in [1.165, 1.54) is 11.7 Å². The number of hydrogen-bond acceptors (Lipinski definition) is 4. The number of carbonyl (C=O) groups is 2. The Balaban J connectivity index is 3.22. The summed E-state index contributed by atoms with van der Waals surface area (Å²) >= 11 is 3.06. The fourth-order valence-corrected chi connectivity index (χ4v) is 1.41. The maximum absolute atomic E-state index is 10.6. The van der Waals surface area contributed by atoms with Gasteiger partial charge in [-0.1, -0.05) is 0 Å². The van der Waals surface area contributed by atoms with Crippen LogP contribution in [0.3, 0.4) is 0 Å². The lowest BCUT2D eigenvalue weighted by Crippen LogP contribution is -2.07. The lowest BCUT2D eigenvalue weighted by Gasteiger charge is -2.02. The summed E-state index contributed by atoms with van der Waals surface area (Å²) in [6, 6.07) is 0. The van der Waals surface area contributed by atoms with Gasteiger partial charge in [0.2, 0.25) is 0 Å². The molecule has 5 nitrogen and oxygen atoms in total. The van der Waals surface area contributed by atoms with E-state index in [1.54, 1.807) is 0 Å². The Morgan fingerprint density at radius 2 is 2.23 bits per heavy atom. The summed E-state index contributed by atoms with van der Waals surface area (Å²) in [4.78, 5) is 24.9. The van der Waals surface area contributed by atoms with Gasteiger partial charge < -0.3 is 4.74 Å². The summed E-state index contributed by atoms with van der Waals surface area (Å²) in [5, 5.41) is 0. The fourth-order valence-electron chi connectivity index (χ4n) is 0.920. The molecule has 0 bridgehead atoms. The van der Waals surface area contributed by atoms with Crippen molar-refractivity contribution >= 4 is 28.5 Å². The second-order valence-electron chi connectivity index (χ2n) is 2.23. The molecule has 0 N–H and O–H groups in total. The molecule has 0 radical (unpaired) electrons. The van der Waals surface area contributed by atoms with Crippen LogP contribution in [0.1, 0.15) is 21.1 Å². The number of aldehydes is 2. The van der Waals surface area contributed by atoms with Gasteiger partial charge in [-0.15, -0.1) is 0 Å². The van der Waals surface area contributed by atoms with Crippen LogP contribution in [-0.4, -0.2) is 29.2 Å². The standard InChI is InChI=1S/C7H7BrN2O3/c1-13-4-10-5(2-11)7(8)9-6(10)3-12/h2-3H,4H2,1H3. The fraction of sp³-hybridized carbons (Fsp3) is 0.286. The summed E-state index contributed by atoms with van der Waals surface area (Å²) in [5.74, 6) is 0.163. The van der Waals surface area contributed by atoms with Crippen LogP contribution in [0.5, 0.6) is 0 Å². The number of carbonyl (C=O) groups excluding carboxylic acids is 2. The van der Waals surface area contributed by atoms with Crippen molar-refractivity contribution in [2.45, 2.75) is 6.73 Å². The monoisotopic (exact) mass is 246 g/mol. The third-order valence-corrected chi connectivity index (χ3v) is 2.05. The number of aromatic nitrogens is 2. The number of hydrogen-bond donors (Lipinski definition) is 0. The molecule has 0 atom stereocenters. The van der Waals surface area contributed by atoms with Crippen molar-refractivity contribution in [3.63, 3.8) is 0 Å². The highest BCUT2D eigenvalue weighted by Crippen LogP contribution is 2.15. The summed E-state index contributed by atoms with van der Waals surface area (Å²) < 4.78 is 6.54. The van der Waals surface area contributed by atoms with E-state index in [4.69, 9.17) is 4.74 Å². The zero-order chi connectivity index (χ0) is 9.84. The highest BCUT2D eigenvalue weighted by atomic mass is 79.9. The summed E-state index contributed by atoms with van der Waals surface area (Å²) in [7, 11) is 1.47. The molecular weight excluding hydrogens is 240 g/mol. The zero-order valence-corrected chi connectivity index (χ0v) is 8.44. The molecule has 0 unspecified atom stereocenters. The first-order valence-corrected chi connectivity index (χ1v) is 4.19. The molecule has 0 saturated carbocycles. The van der Waals surface area contributed by atoms with E-state index in [9.17, 15) is 9.59 Å². The molecule has 1 aromatic heterocycles. The van der Waals surface area contributed by atoms with Crippen molar-refractivity contribution in [1.29, 1.82) is 0 Å². The molecule has 1 aromatic rings. The Morgan fingerprint density at radius 1 is 1.54 bits per heavy atom. The zero-order valence-electron chi connectivity index (χ0n) is 6.86. The van der Waals surface area contributed by atoms with Gasteiger partial charge in [0.15, 0.2) is 18.4 Å². The Bertz CT molecular complexity index is 335. The largest absolute Gasteiger partial charge is 0.364 e. The van der Waals surface area contributed by atoms with Crippen molar-refractivity contribution in [1.82, 2.24) is 9.55 Å². The smallest absolute Gasteiger partial charge is 0.185 e. The summed E-state index contributed by atoms with van der Waals surface area (Å²) in [6.45, 7) is 0.126. The third kappa shape index (κ3) is 1.84. The van der Waals surface area contributed by atoms with Crippen molar-refractivity contribution in [2.24, 2.45) is 0 Å². The van der Waals surface area contributed by atoms with E-state index < -0.39 is 0 Å². The molecule has 6 heteroatoms. The first-order valence-electron chi connectivity index (χ1n) is 3.40. The lowest BCUT2D eigenvalue weighted by atomic mass is 10.5. The molecule has 1 heterocycles. The second kappa shape index (κ2) is 4.29. The van der Waals surface area contributed by atoms with E-state index in [2.05, 4.69) is 20.9 Å². The van der Waals surface area contributed by atoms with Gasteiger partial charge >= 0.3 is 0 Å². The van der Waals surface area contributed by atoms with Crippen LogP contribution in [0.25, 0.3) is 0 Å². The number of nitrogens with zero attached hydrogens (tertiary/aromatic N) is 2. The highest BCUT2D eigenvalue weighted by molar-refractivity contribution is 9.10. The van der Waals surface area contributed by atoms with Crippen molar-refractivity contribution < 1.29 is 14.3 Å². The molecule has 0 aliphatic carbocycles. The van der Waals surface area contributed by atoms with Crippen LogP contribution in [-0.2, 0) is 11.5 Å². The number of halogens is 1. The SMILES string of the molecule is COCn1c(C=O)nc(Br)c1C=O. The maximum atomic E-state index is 10.6. The Morgan fingerprint density at radius 3 is 2.69 bits per heavy atom. The average molecular weight is 247 g/mol. The van der Waals surface area contributed by atoms with Gasteiger partial charge in [-0.3, -0.25) is 14.2 Å². The van der Waals surface area contributed by atoms with E-state index >= 15 is 0 Å². The molecule has 0 fully saturated rings. The van der Waals surface area contributed by atoms with Crippen LogP contribution in [0.2, 0.25) is 0 Å². The first-order chi connectivity index (χ1) is 6.24. The molecule has 70 valence electrons. The van der Waals surface area contributed by atoms with Crippen molar-refractivity contribution in [3.05, 3.63) is 16.1 Å². The van der Waals surface area contributed by atoms with Gasteiger partial charge in [-0.25, -0.2) is 4.98 Å². The predicted octanol–water partition coefficient (Wildman–Crippen LogP) is 0.875. The Kier molecular flexibility index (Phi) is 3.32. The van der Waals surface area contributed by atoms with E-state index in [1.807, 2.05) is 0 Å². The molecule has 0 aliphatic heterocycles. The average Bonchev–Trinajstić information content (AvgIpc) is 2.43. The molecule has 13 heavy (non-hydrogen) atoms. The number of rotatable bonds is 4. The highest BCUT2D eigenvalue weighted by Gasteiger charge is 2.13. The van der Waals surface area contributed by atoms with Gasteiger partial charge in [0, 0.05) is 7.11 Å². The van der Waals surface area contributed by atoms with Gasteiger partial charge in [-0.05, 0) is 15.9 Å². The second-order valence-corrected chi connectivity index (χ2v) is 2.98. The number of ether oxygens (including phenoxy) is 1. The normalized spacial score (nSPS) is 10.0. The first kappa shape index (κ1) is 10.1. The molecule has 0 spiro atoms. The van der Waals surface area contributed by atoms with Gasteiger partial charge in [-0.2, -0.15) is 0 Å². The van der Waals surface area contributed by atoms with Gasteiger partial charge in [0.1, 0.15) is 17.0 Å². The number of imidazole rings is 1. The van der Waals surface area contributed by atoms with Crippen LogP contribution in [0.4, 0.5) is 0 Å². The molecule has 0 aliphatic rings. The minimum atomic E-state index is 0.126. The Labute approximate surface area is 82.8 Å². The van der Waals surface area contributed by atoms with E-state index in [-0.39, 0.29) is 12.6 Å². The van der Waals surface area contributed by atoms with Crippen LogP contribution in [0, 0.1) is 0 Å². The molecule has 0 aromatic carbocycles. The molecule has 0 amide bonds. The van der Waals surface area contributed by atoms with Crippen LogP contribution < -0.4 is 0 Å². The summed E-state index contributed by atoms with van der Waals surface area (Å²) in [5.41, 5.74) is 0.295. The number of methoxy groups -OCH3 is 1. The van der Waals surface area contributed by atoms with Gasteiger partial charge in [0.25, 0.3) is 0 Å². The minimum absolute atomic E-state index is 0.126. The van der Waals surface area contributed by atoms with E-state index in [0.29, 0.717) is 22.9 Å². The third-order valence-electron chi connectivity index (χ3n) is 1.47. The molecular formula is C7H7BrN2O3. The van der Waals surface area contributed by atoms with Crippen LogP contribution >= 0.6 is 15.9 Å². The summed E-state index contributed by atoms with van der Waals surface area (Å²) in [6.07, 6.45) is 1.18. The molecule has 1 rings (SSSR count). The maximum Gasteiger partial charge on any atom is 0.185 e. The Hall–Kier alpha value is -1.01. The van der Waals surface area contributed by atoms with Crippen molar-refractivity contribution in [3.8, 4) is 0 Å². The quantitative estimate of drug-likeness (QED) is 0.741. The predicted molar refractivity (Wildman–Crippen MR) is 47.7 cm³/mol. The minimum Gasteiger partial charge on any atom is -0.364 e. The topological polar surface area (TPSA) is 61.2 Å².